The third kappa shape index (κ3) is 6.99. The summed E-state index contributed by atoms with van der Waals surface area (Å²) in [7, 11) is 3.30. The molecular weight excluding hydrogens is 640 g/mol. The maximum Gasteiger partial charge on any atom is 0.346 e. The van der Waals surface area contributed by atoms with Crippen LogP contribution < -0.4 is 14.8 Å². The van der Waals surface area contributed by atoms with Crippen LogP contribution in [0.4, 0.5) is 0 Å². The second-order valence-corrected chi connectivity index (χ2v) is 12.7. The molecule has 0 aliphatic carbocycles. The van der Waals surface area contributed by atoms with Gasteiger partial charge in [0, 0.05) is 43.7 Å². The lowest BCUT2D eigenvalue weighted by molar-refractivity contribution is -0.253. The summed E-state index contributed by atoms with van der Waals surface area (Å²) >= 11 is 0. The number of hydrogen-bond acceptors (Lipinski definition) is 10. The molecule has 4 aromatic rings. The first kappa shape index (κ1) is 33.4. The fraction of sp³-hybridized carbons (Fsp3) is 0.308. The molecule has 11 heteroatoms. The van der Waals surface area contributed by atoms with Crippen LogP contribution in [0.3, 0.4) is 0 Å². The van der Waals surface area contributed by atoms with Gasteiger partial charge in [0.05, 0.1) is 44.2 Å². The third-order valence-electron chi connectivity index (χ3n) is 9.49. The van der Waals surface area contributed by atoms with Gasteiger partial charge in [-0.1, -0.05) is 48.5 Å². The molecule has 0 aromatic heterocycles. The number of rotatable bonds is 10. The van der Waals surface area contributed by atoms with Crippen molar-refractivity contribution in [2.45, 2.75) is 51.0 Å². The van der Waals surface area contributed by atoms with Gasteiger partial charge in [-0.15, -0.1) is 0 Å². The molecule has 0 spiro atoms. The van der Waals surface area contributed by atoms with E-state index in [1.165, 1.54) is 29.3 Å². The summed E-state index contributed by atoms with van der Waals surface area (Å²) in [5.41, 5.74) is 6.55. The molecule has 3 aliphatic heterocycles. The van der Waals surface area contributed by atoms with E-state index in [9.17, 15) is 19.5 Å². The summed E-state index contributed by atoms with van der Waals surface area (Å²) in [5.74, 6) is -0.377. The van der Waals surface area contributed by atoms with Crippen molar-refractivity contribution in [2.24, 2.45) is 0 Å². The van der Waals surface area contributed by atoms with E-state index >= 15 is 0 Å². The SMILES string of the molecule is COc1cc2c(cc1OC)CN(C[C@@H]1C[C@H](c3ccc(CO)cc3)OC(c3ccc(CNC(=O)c4ccc5c(c4)C(=O)OC5=O)cc3)O1)CC2. The molecule has 3 aliphatic rings. The van der Waals surface area contributed by atoms with Crippen molar-refractivity contribution in [1.29, 1.82) is 0 Å². The Morgan fingerprint density at radius 2 is 1.52 bits per heavy atom. The van der Waals surface area contributed by atoms with Crippen LogP contribution in [0, 0.1) is 0 Å². The minimum atomic E-state index is -0.753. The average molecular weight is 679 g/mol. The quantitative estimate of drug-likeness (QED) is 0.174. The highest BCUT2D eigenvalue weighted by Crippen LogP contribution is 2.39. The summed E-state index contributed by atoms with van der Waals surface area (Å²) in [6.45, 7) is 2.60. The van der Waals surface area contributed by atoms with E-state index < -0.39 is 18.2 Å². The number of ether oxygens (including phenoxy) is 5. The number of methoxy groups -OCH3 is 2. The molecule has 1 amide bonds. The standard InChI is InChI=1S/C39H38N2O9/c1-46-34-16-27-13-14-41(20-29(27)17-35(34)47-2)21-30-18-33(25-7-5-24(22-42)6-8-25)49-39(48-30)26-9-3-23(4-10-26)19-40-36(43)28-11-12-31-32(15-28)38(45)50-37(31)44/h3-12,15-17,30,33,39,42H,13-14,18-22H2,1-2H3,(H,40,43)/t30-,33+,39?/m0/s1. The van der Waals surface area contributed by atoms with E-state index in [1.807, 2.05) is 48.5 Å². The fourth-order valence-corrected chi connectivity index (χ4v) is 6.72. The van der Waals surface area contributed by atoms with Gasteiger partial charge in [-0.25, -0.2) is 9.59 Å². The van der Waals surface area contributed by atoms with Crippen LogP contribution in [0.2, 0.25) is 0 Å². The predicted molar refractivity (Wildman–Crippen MR) is 181 cm³/mol. The van der Waals surface area contributed by atoms with Gasteiger partial charge >= 0.3 is 11.9 Å². The Balaban J connectivity index is 1.04. The monoisotopic (exact) mass is 678 g/mol. The van der Waals surface area contributed by atoms with Gasteiger partial charge < -0.3 is 34.1 Å². The molecule has 7 rings (SSSR count). The van der Waals surface area contributed by atoms with Crippen LogP contribution in [0.5, 0.6) is 11.5 Å². The number of nitrogens with zero attached hydrogens (tertiary/aromatic N) is 1. The molecule has 1 fully saturated rings. The van der Waals surface area contributed by atoms with Crippen LogP contribution in [0.1, 0.15) is 83.3 Å². The summed E-state index contributed by atoms with van der Waals surface area (Å²) in [6.07, 6.45) is 0.618. The van der Waals surface area contributed by atoms with Gasteiger partial charge in [0.2, 0.25) is 0 Å². The Morgan fingerprint density at radius 1 is 0.840 bits per heavy atom. The molecule has 4 aromatic carbocycles. The summed E-state index contributed by atoms with van der Waals surface area (Å²) < 4.78 is 28.9. The lowest BCUT2D eigenvalue weighted by atomic mass is 9.97. The minimum Gasteiger partial charge on any atom is -0.493 e. The summed E-state index contributed by atoms with van der Waals surface area (Å²) in [4.78, 5) is 38.9. The van der Waals surface area contributed by atoms with E-state index in [1.54, 1.807) is 14.2 Å². The number of aliphatic hydroxyl groups is 1. The number of cyclic esters (lactones) is 2. The zero-order valence-corrected chi connectivity index (χ0v) is 27.8. The molecule has 1 saturated heterocycles. The maximum absolute atomic E-state index is 12.8. The molecule has 1 unspecified atom stereocenters. The van der Waals surface area contributed by atoms with Crippen LogP contribution in [-0.4, -0.2) is 61.3 Å². The topological polar surface area (TPSA) is 133 Å². The number of esters is 2. The van der Waals surface area contributed by atoms with Crippen molar-refractivity contribution in [3.63, 3.8) is 0 Å². The highest BCUT2D eigenvalue weighted by Gasteiger charge is 2.34. The van der Waals surface area contributed by atoms with Crippen molar-refractivity contribution in [2.75, 3.05) is 27.3 Å². The number of amides is 1. The van der Waals surface area contributed by atoms with Gasteiger partial charge in [-0.3, -0.25) is 9.69 Å². The zero-order valence-electron chi connectivity index (χ0n) is 27.8. The molecule has 0 bridgehead atoms. The number of carbonyl (C=O) groups excluding carboxylic acids is 3. The minimum absolute atomic E-state index is 0.0248. The number of benzene rings is 4. The van der Waals surface area contributed by atoms with Gasteiger partial charge in [0.15, 0.2) is 17.8 Å². The molecule has 258 valence electrons. The maximum atomic E-state index is 12.8. The number of carbonyl (C=O) groups is 3. The second-order valence-electron chi connectivity index (χ2n) is 12.7. The molecule has 0 saturated carbocycles. The Kier molecular flexibility index (Phi) is 9.64. The number of nitrogens with one attached hydrogen (secondary N) is 1. The van der Waals surface area contributed by atoms with Crippen LogP contribution in [0.25, 0.3) is 0 Å². The number of hydrogen-bond donors (Lipinski definition) is 2. The van der Waals surface area contributed by atoms with Crippen molar-refractivity contribution in [3.05, 3.63) is 129 Å². The largest absolute Gasteiger partial charge is 0.493 e. The number of aliphatic hydroxyl groups excluding tert-OH is 1. The lowest BCUT2D eigenvalue weighted by Crippen LogP contribution is -2.41. The van der Waals surface area contributed by atoms with Crippen molar-refractivity contribution < 1.29 is 43.2 Å². The highest BCUT2D eigenvalue weighted by atomic mass is 16.7. The van der Waals surface area contributed by atoms with E-state index in [0.29, 0.717) is 6.42 Å². The van der Waals surface area contributed by atoms with Gasteiger partial charge in [-0.2, -0.15) is 0 Å². The van der Waals surface area contributed by atoms with Gasteiger partial charge in [-0.05, 0) is 64.6 Å². The van der Waals surface area contributed by atoms with Gasteiger partial charge in [0.25, 0.3) is 5.91 Å². The summed E-state index contributed by atoms with van der Waals surface area (Å²) in [6, 6.07) is 24.0. The smallest absolute Gasteiger partial charge is 0.346 e. The first-order valence-electron chi connectivity index (χ1n) is 16.6. The fourth-order valence-electron chi connectivity index (χ4n) is 6.72. The average Bonchev–Trinajstić information content (AvgIpc) is 3.44. The third-order valence-corrected chi connectivity index (χ3v) is 9.49. The lowest BCUT2D eigenvalue weighted by Gasteiger charge is -2.39. The van der Waals surface area contributed by atoms with Crippen LogP contribution >= 0.6 is 0 Å². The first-order valence-corrected chi connectivity index (χ1v) is 16.6. The number of fused-ring (bicyclic) bond motifs is 2. The molecule has 3 atom stereocenters. The second kappa shape index (κ2) is 14.4. The molecular formula is C39H38N2O9. The van der Waals surface area contributed by atoms with Crippen molar-refractivity contribution >= 4 is 17.8 Å². The van der Waals surface area contributed by atoms with Gasteiger partial charge in [0.1, 0.15) is 0 Å². The Bertz CT molecular complexity index is 1910. The van der Waals surface area contributed by atoms with Crippen LogP contribution in [0.15, 0.2) is 78.9 Å². The predicted octanol–water partition coefficient (Wildman–Crippen LogP) is 5.04. The normalized spacial score (nSPS) is 20.1. The molecule has 11 nitrogen and oxygen atoms in total. The molecule has 2 N–H and O–H groups in total. The molecule has 3 heterocycles. The van der Waals surface area contributed by atoms with E-state index in [2.05, 4.69) is 27.1 Å². The Morgan fingerprint density at radius 3 is 2.24 bits per heavy atom. The van der Waals surface area contributed by atoms with E-state index in [4.69, 9.17) is 18.9 Å². The molecule has 0 radical (unpaired) electrons. The van der Waals surface area contributed by atoms with Crippen molar-refractivity contribution in [3.8, 4) is 11.5 Å². The van der Waals surface area contributed by atoms with E-state index in [0.717, 1.165) is 59.8 Å². The Hall–Kier alpha value is -5.07. The molecule has 50 heavy (non-hydrogen) atoms. The van der Waals surface area contributed by atoms with E-state index in [-0.39, 0.29) is 48.0 Å². The Labute approximate surface area is 289 Å². The van der Waals surface area contributed by atoms with Crippen molar-refractivity contribution in [1.82, 2.24) is 10.2 Å². The summed E-state index contributed by atoms with van der Waals surface area (Å²) in [5, 5.41) is 12.4. The highest BCUT2D eigenvalue weighted by molar-refractivity contribution is 6.15. The van der Waals surface area contributed by atoms with Crippen LogP contribution in [-0.2, 0) is 40.3 Å². The zero-order chi connectivity index (χ0) is 34.8. The first-order chi connectivity index (χ1) is 24.3.